The molecule has 0 atom stereocenters. The Hall–Kier alpha value is -2.69. The van der Waals surface area contributed by atoms with E-state index in [4.69, 9.17) is 0 Å². The second-order valence-corrected chi connectivity index (χ2v) is 10.5. The quantitative estimate of drug-likeness (QED) is 0.671. The maximum atomic E-state index is 13.1. The number of hydrogen-bond donors (Lipinski definition) is 1. The molecule has 2 aliphatic heterocycles. The largest absolute Gasteiger partial charge is 0.335 e. The Morgan fingerprint density at radius 3 is 2.38 bits per heavy atom. The van der Waals surface area contributed by atoms with Gasteiger partial charge in [-0.15, -0.1) is 0 Å². The van der Waals surface area contributed by atoms with Gasteiger partial charge in [0.15, 0.2) is 0 Å². The minimum Gasteiger partial charge on any atom is -0.335 e. The van der Waals surface area contributed by atoms with Gasteiger partial charge in [0.2, 0.25) is 15.9 Å². The fourth-order valence-corrected chi connectivity index (χ4v) is 5.36. The minimum absolute atomic E-state index is 0.111. The van der Waals surface area contributed by atoms with Crippen LogP contribution in [0, 0.1) is 6.92 Å². The number of carbonyl (C=O) groups excluding carboxylic acids is 2. The number of amides is 2. The zero-order valence-electron chi connectivity index (χ0n) is 17.5. The molecule has 0 bridgehead atoms. The lowest BCUT2D eigenvalue weighted by atomic mass is 10.2. The van der Waals surface area contributed by atoms with Crippen LogP contribution in [0.25, 0.3) is 0 Å². The van der Waals surface area contributed by atoms with Crippen molar-refractivity contribution in [1.29, 1.82) is 0 Å². The molecule has 0 radical (unpaired) electrons. The van der Waals surface area contributed by atoms with E-state index in [1.807, 2.05) is 25.1 Å². The number of hydrogen-bond acceptors (Lipinski definition) is 5. The summed E-state index contributed by atoms with van der Waals surface area (Å²) >= 11 is 3.31. The van der Waals surface area contributed by atoms with E-state index < -0.39 is 10.0 Å². The molecule has 2 aliphatic rings. The number of halogens is 1. The average Bonchev–Trinajstić information content (AvgIpc) is 2.79. The molecule has 0 aromatic heterocycles. The molecule has 0 spiro atoms. The van der Waals surface area contributed by atoms with Crippen LogP contribution in [0.3, 0.4) is 0 Å². The lowest BCUT2D eigenvalue weighted by Gasteiger charge is -2.36. The topological polar surface area (TPSA) is 90.0 Å². The van der Waals surface area contributed by atoms with Gasteiger partial charge in [0.25, 0.3) is 5.91 Å². The molecule has 2 aromatic rings. The van der Waals surface area contributed by atoms with Gasteiger partial charge in [-0.1, -0.05) is 28.1 Å². The zero-order chi connectivity index (χ0) is 22.9. The smallest absolute Gasteiger partial charge is 0.271 e. The van der Waals surface area contributed by atoms with Crippen LogP contribution in [0.15, 0.2) is 69.7 Å². The molecule has 1 saturated heterocycles. The first-order chi connectivity index (χ1) is 15.3. The summed E-state index contributed by atoms with van der Waals surface area (Å²) in [5, 5.41) is 1.38. The summed E-state index contributed by atoms with van der Waals surface area (Å²) in [6.45, 7) is 2.88. The average molecular weight is 519 g/mol. The van der Waals surface area contributed by atoms with Gasteiger partial charge in [-0.05, 0) is 55.0 Å². The number of rotatable bonds is 4. The molecule has 2 amide bonds. The third-order valence-corrected chi connectivity index (χ3v) is 7.87. The molecule has 168 valence electrons. The fourth-order valence-electron chi connectivity index (χ4n) is 3.68. The Morgan fingerprint density at radius 2 is 1.72 bits per heavy atom. The molecule has 0 aliphatic carbocycles. The third-order valence-electron chi connectivity index (χ3n) is 5.43. The van der Waals surface area contributed by atoms with Crippen molar-refractivity contribution < 1.29 is 18.0 Å². The number of nitrogens with zero attached hydrogens (tertiary/aromatic N) is 3. The molecule has 0 unspecified atom stereocenters. The number of aryl methyl sites for hydroxylation is 1. The van der Waals surface area contributed by atoms with Crippen molar-refractivity contribution in [2.45, 2.75) is 18.2 Å². The molecule has 4 rings (SSSR count). The standard InChI is InChI=1S/C22H23BrN4O4S/c1-16-3-2-4-18(15-16)27-21(28)10-9-20(24-27)22(29)25-11-13-26(14-12-25)32(30,31)19-7-5-17(23)6-8-19/h2-9,15,24H,10-14H2,1H3. The van der Waals surface area contributed by atoms with E-state index in [1.54, 1.807) is 41.3 Å². The summed E-state index contributed by atoms with van der Waals surface area (Å²) in [6.07, 6.45) is 1.70. The first-order valence-corrected chi connectivity index (χ1v) is 12.4. The summed E-state index contributed by atoms with van der Waals surface area (Å²) in [4.78, 5) is 27.3. The van der Waals surface area contributed by atoms with E-state index in [1.165, 1.54) is 9.31 Å². The molecule has 2 heterocycles. The van der Waals surface area contributed by atoms with Crippen LogP contribution in [0.5, 0.6) is 0 Å². The summed E-state index contributed by atoms with van der Waals surface area (Å²) in [7, 11) is -3.62. The van der Waals surface area contributed by atoms with Gasteiger partial charge in [0, 0.05) is 37.1 Å². The highest BCUT2D eigenvalue weighted by atomic mass is 79.9. The highest BCUT2D eigenvalue weighted by Gasteiger charge is 2.32. The molecule has 10 heteroatoms. The molecule has 8 nitrogen and oxygen atoms in total. The van der Waals surface area contributed by atoms with Crippen LogP contribution < -0.4 is 10.4 Å². The van der Waals surface area contributed by atoms with Crippen molar-refractivity contribution in [2.75, 3.05) is 31.2 Å². The van der Waals surface area contributed by atoms with Crippen molar-refractivity contribution in [3.8, 4) is 0 Å². The zero-order valence-corrected chi connectivity index (χ0v) is 19.9. The van der Waals surface area contributed by atoms with E-state index in [0.29, 0.717) is 11.4 Å². The molecular weight excluding hydrogens is 496 g/mol. The van der Waals surface area contributed by atoms with Gasteiger partial charge in [-0.2, -0.15) is 4.31 Å². The molecule has 32 heavy (non-hydrogen) atoms. The first-order valence-electron chi connectivity index (χ1n) is 10.2. The normalized spacial score (nSPS) is 17.7. The minimum atomic E-state index is -3.62. The lowest BCUT2D eigenvalue weighted by molar-refractivity contribution is -0.129. The number of piperazine rings is 1. The van der Waals surface area contributed by atoms with Crippen LogP contribution in [0.2, 0.25) is 0 Å². The lowest BCUT2D eigenvalue weighted by Crippen LogP contribution is -2.54. The van der Waals surface area contributed by atoms with Crippen LogP contribution >= 0.6 is 15.9 Å². The Bertz CT molecular complexity index is 1170. The Morgan fingerprint density at radius 1 is 1.03 bits per heavy atom. The van der Waals surface area contributed by atoms with Gasteiger partial charge in [0.1, 0.15) is 5.70 Å². The summed E-state index contributed by atoms with van der Waals surface area (Å²) in [5.74, 6) is -0.409. The van der Waals surface area contributed by atoms with E-state index >= 15 is 0 Å². The maximum Gasteiger partial charge on any atom is 0.271 e. The summed E-state index contributed by atoms with van der Waals surface area (Å²) in [5.41, 5.74) is 4.92. The first kappa shape index (κ1) is 22.5. The SMILES string of the molecule is Cc1cccc(N2NC(C(=O)N3CCN(S(=O)(=O)c4ccc(Br)cc4)CC3)=CCC2=O)c1. The van der Waals surface area contributed by atoms with Gasteiger partial charge < -0.3 is 4.90 Å². The number of nitrogens with one attached hydrogen (secondary N) is 1. The van der Waals surface area contributed by atoms with Crippen molar-refractivity contribution in [1.82, 2.24) is 14.6 Å². The van der Waals surface area contributed by atoms with Crippen LogP contribution in [-0.4, -0.2) is 55.6 Å². The van der Waals surface area contributed by atoms with Crippen molar-refractivity contribution in [3.05, 3.63) is 70.3 Å². The van der Waals surface area contributed by atoms with Crippen molar-refractivity contribution >= 4 is 43.5 Å². The van der Waals surface area contributed by atoms with Crippen LogP contribution in [-0.2, 0) is 19.6 Å². The van der Waals surface area contributed by atoms with Crippen LogP contribution in [0.1, 0.15) is 12.0 Å². The predicted molar refractivity (Wildman–Crippen MR) is 124 cm³/mol. The number of benzene rings is 2. The summed E-state index contributed by atoms with van der Waals surface area (Å²) < 4.78 is 28.0. The molecule has 0 saturated carbocycles. The molecule has 1 N–H and O–H groups in total. The monoisotopic (exact) mass is 518 g/mol. The number of anilines is 1. The van der Waals surface area contributed by atoms with Gasteiger partial charge in [0.05, 0.1) is 10.6 Å². The highest BCUT2D eigenvalue weighted by Crippen LogP contribution is 2.22. The third kappa shape index (κ3) is 4.57. The Kier molecular flexibility index (Phi) is 6.36. The maximum absolute atomic E-state index is 13.1. The van der Waals surface area contributed by atoms with Gasteiger partial charge >= 0.3 is 0 Å². The second kappa shape index (κ2) is 9.05. The number of hydrazine groups is 1. The van der Waals surface area contributed by atoms with E-state index in [9.17, 15) is 18.0 Å². The van der Waals surface area contributed by atoms with Gasteiger partial charge in [-0.3, -0.25) is 15.0 Å². The second-order valence-electron chi connectivity index (χ2n) is 7.65. The number of carbonyl (C=O) groups is 2. The highest BCUT2D eigenvalue weighted by molar-refractivity contribution is 9.10. The predicted octanol–water partition coefficient (Wildman–Crippen LogP) is 2.42. The van der Waals surface area contributed by atoms with Crippen molar-refractivity contribution in [3.63, 3.8) is 0 Å². The van der Waals surface area contributed by atoms with Crippen molar-refractivity contribution in [2.24, 2.45) is 0 Å². The summed E-state index contributed by atoms with van der Waals surface area (Å²) in [6, 6.07) is 14.0. The fraction of sp³-hybridized carbons (Fsp3) is 0.273. The van der Waals surface area contributed by atoms with E-state index in [-0.39, 0.29) is 49.3 Å². The van der Waals surface area contributed by atoms with Gasteiger partial charge in [-0.25, -0.2) is 13.4 Å². The van der Waals surface area contributed by atoms with Crippen LogP contribution in [0.4, 0.5) is 5.69 Å². The molecule has 2 aromatic carbocycles. The Labute approximate surface area is 195 Å². The van der Waals surface area contributed by atoms with E-state index in [2.05, 4.69) is 21.4 Å². The Balaban J connectivity index is 1.42. The van der Waals surface area contributed by atoms with E-state index in [0.717, 1.165) is 10.0 Å². The molecule has 1 fully saturated rings. The molecular formula is C22H23BrN4O4S. The number of sulfonamides is 1.